The number of thioether (sulfide) groups is 1. The fourth-order valence-electron chi connectivity index (χ4n) is 1.90. The first kappa shape index (κ1) is 20.1. The number of nitrogens with one attached hydrogen (secondary N) is 1. The lowest BCUT2D eigenvalue weighted by Crippen LogP contribution is -2.21. The number of anilines is 1. The Balaban J connectivity index is 1.73. The highest BCUT2D eigenvalue weighted by atomic mass is 35.5. The van der Waals surface area contributed by atoms with Crippen molar-refractivity contribution in [3.8, 4) is 6.07 Å². The van der Waals surface area contributed by atoms with E-state index in [4.69, 9.17) is 33.2 Å². The van der Waals surface area contributed by atoms with E-state index in [0.29, 0.717) is 15.8 Å². The van der Waals surface area contributed by atoms with E-state index in [9.17, 15) is 9.59 Å². The van der Waals surface area contributed by atoms with Gasteiger partial charge in [0.15, 0.2) is 6.61 Å². The summed E-state index contributed by atoms with van der Waals surface area (Å²) in [6.45, 7) is -0.429. The third kappa shape index (κ3) is 6.60. The van der Waals surface area contributed by atoms with Crippen LogP contribution in [0.4, 0.5) is 5.69 Å². The van der Waals surface area contributed by atoms with Crippen LogP contribution in [0.25, 0.3) is 0 Å². The molecule has 5 nitrogen and oxygen atoms in total. The van der Waals surface area contributed by atoms with Crippen LogP contribution in [0.5, 0.6) is 0 Å². The van der Waals surface area contributed by atoms with E-state index >= 15 is 0 Å². The molecule has 0 aliphatic rings. The van der Waals surface area contributed by atoms with Gasteiger partial charge >= 0.3 is 5.97 Å². The number of halogens is 2. The van der Waals surface area contributed by atoms with Gasteiger partial charge in [-0.25, -0.2) is 0 Å². The molecule has 0 spiro atoms. The van der Waals surface area contributed by atoms with Crippen molar-refractivity contribution < 1.29 is 14.3 Å². The summed E-state index contributed by atoms with van der Waals surface area (Å²) >= 11 is 13.1. The van der Waals surface area contributed by atoms with Gasteiger partial charge in [-0.1, -0.05) is 23.2 Å². The van der Waals surface area contributed by atoms with Crippen molar-refractivity contribution in [1.29, 1.82) is 5.26 Å². The maximum absolute atomic E-state index is 11.9. The molecule has 0 saturated heterocycles. The number of carbonyl (C=O) groups excluding carboxylic acids is 2. The summed E-state index contributed by atoms with van der Waals surface area (Å²) in [5, 5.41) is 12.5. The van der Waals surface area contributed by atoms with E-state index in [1.165, 1.54) is 23.9 Å². The molecule has 0 saturated carbocycles. The lowest BCUT2D eigenvalue weighted by Gasteiger charge is -2.08. The molecule has 0 radical (unpaired) electrons. The second-order valence-corrected chi connectivity index (χ2v) is 7.10. The number of hydrogen-bond donors (Lipinski definition) is 1. The largest absolute Gasteiger partial charge is 0.456 e. The molecule has 2 aromatic rings. The number of benzene rings is 2. The molecular formula is C18H14Cl2N2O3S. The first-order valence-corrected chi connectivity index (χ1v) is 9.25. The van der Waals surface area contributed by atoms with Gasteiger partial charge < -0.3 is 10.1 Å². The topological polar surface area (TPSA) is 79.2 Å². The molecule has 26 heavy (non-hydrogen) atoms. The SMILES string of the molecule is N#Cc1ccc(Cl)cc1NC(=O)COC(=O)CCSc1ccc(Cl)cc1. The number of amides is 1. The average Bonchev–Trinajstić information content (AvgIpc) is 2.62. The van der Waals surface area contributed by atoms with Crippen molar-refractivity contribution >= 4 is 52.5 Å². The summed E-state index contributed by atoms with van der Waals surface area (Å²) in [7, 11) is 0. The van der Waals surface area contributed by atoms with E-state index in [1.807, 2.05) is 18.2 Å². The Morgan fingerprint density at radius 1 is 1.12 bits per heavy atom. The van der Waals surface area contributed by atoms with Gasteiger partial charge in [-0.3, -0.25) is 9.59 Å². The second kappa shape index (κ2) is 10.1. The first-order chi connectivity index (χ1) is 12.5. The highest BCUT2D eigenvalue weighted by molar-refractivity contribution is 7.99. The minimum absolute atomic E-state index is 0.168. The third-order valence-electron chi connectivity index (χ3n) is 3.13. The van der Waals surface area contributed by atoms with Crippen molar-refractivity contribution in [3.05, 3.63) is 58.1 Å². The molecule has 0 bridgehead atoms. The smallest absolute Gasteiger partial charge is 0.307 e. The van der Waals surface area contributed by atoms with Crippen LogP contribution in [-0.2, 0) is 14.3 Å². The molecule has 0 unspecified atom stereocenters. The maximum atomic E-state index is 11.9. The summed E-state index contributed by atoms with van der Waals surface area (Å²) < 4.78 is 4.94. The van der Waals surface area contributed by atoms with E-state index in [1.54, 1.807) is 18.2 Å². The third-order valence-corrected chi connectivity index (χ3v) is 4.63. The molecule has 2 aromatic carbocycles. The quantitative estimate of drug-likeness (QED) is 0.537. The van der Waals surface area contributed by atoms with Crippen LogP contribution in [0.2, 0.25) is 10.0 Å². The zero-order valence-electron chi connectivity index (χ0n) is 13.5. The van der Waals surface area contributed by atoms with Crippen molar-refractivity contribution in [3.63, 3.8) is 0 Å². The van der Waals surface area contributed by atoms with E-state index in [-0.39, 0.29) is 17.7 Å². The molecule has 8 heteroatoms. The number of rotatable bonds is 7. The van der Waals surface area contributed by atoms with Gasteiger partial charge in [0.25, 0.3) is 5.91 Å². The van der Waals surface area contributed by atoms with Crippen molar-refractivity contribution in [1.82, 2.24) is 0 Å². The minimum Gasteiger partial charge on any atom is -0.456 e. The summed E-state index contributed by atoms with van der Waals surface area (Å²) in [6.07, 6.45) is 0.168. The molecule has 0 fully saturated rings. The molecule has 0 aromatic heterocycles. The molecule has 0 atom stereocenters. The van der Waals surface area contributed by atoms with Crippen molar-refractivity contribution in [2.24, 2.45) is 0 Å². The van der Waals surface area contributed by atoms with Gasteiger partial charge in [-0.15, -0.1) is 11.8 Å². The van der Waals surface area contributed by atoms with Crippen molar-refractivity contribution in [2.75, 3.05) is 17.7 Å². The number of nitrogens with zero attached hydrogens (tertiary/aromatic N) is 1. The lowest BCUT2D eigenvalue weighted by atomic mass is 10.2. The molecule has 0 aliphatic heterocycles. The summed E-state index contributed by atoms with van der Waals surface area (Å²) in [4.78, 5) is 24.6. The van der Waals surface area contributed by atoms with Crippen LogP contribution in [0.15, 0.2) is 47.4 Å². The van der Waals surface area contributed by atoms with Gasteiger partial charge in [0.1, 0.15) is 6.07 Å². The van der Waals surface area contributed by atoms with E-state index in [0.717, 1.165) is 4.90 Å². The van der Waals surface area contributed by atoms with Gasteiger partial charge in [-0.05, 0) is 42.5 Å². The fraction of sp³-hybridized carbons (Fsp3) is 0.167. The molecule has 2 rings (SSSR count). The first-order valence-electron chi connectivity index (χ1n) is 7.51. The minimum atomic E-state index is -0.539. The van der Waals surface area contributed by atoms with Crippen LogP contribution in [0.1, 0.15) is 12.0 Å². The summed E-state index contributed by atoms with van der Waals surface area (Å²) in [5.41, 5.74) is 0.549. The Labute approximate surface area is 165 Å². The lowest BCUT2D eigenvalue weighted by molar-refractivity contribution is -0.146. The van der Waals surface area contributed by atoms with E-state index in [2.05, 4.69) is 5.32 Å². The normalized spacial score (nSPS) is 10.0. The van der Waals surface area contributed by atoms with E-state index < -0.39 is 18.5 Å². The zero-order valence-corrected chi connectivity index (χ0v) is 15.8. The monoisotopic (exact) mass is 408 g/mol. The van der Waals surface area contributed by atoms with Crippen LogP contribution in [0.3, 0.4) is 0 Å². The van der Waals surface area contributed by atoms with Gasteiger partial charge in [0, 0.05) is 20.7 Å². The Bertz CT molecular complexity index is 835. The molecule has 0 heterocycles. The highest BCUT2D eigenvalue weighted by Gasteiger charge is 2.11. The van der Waals surface area contributed by atoms with Crippen LogP contribution in [0, 0.1) is 11.3 Å². The molecule has 1 N–H and O–H groups in total. The molecule has 134 valence electrons. The summed E-state index contributed by atoms with van der Waals surface area (Å²) in [5.74, 6) is -0.495. The highest BCUT2D eigenvalue weighted by Crippen LogP contribution is 2.21. The van der Waals surface area contributed by atoms with Crippen LogP contribution >= 0.6 is 35.0 Å². The maximum Gasteiger partial charge on any atom is 0.307 e. The Kier molecular flexibility index (Phi) is 7.79. The average molecular weight is 409 g/mol. The molecule has 1 amide bonds. The van der Waals surface area contributed by atoms with Gasteiger partial charge in [0.2, 0.25) is 0 Å². The Morgan fingerprint density at radius 3 is 2.50 bits per heavy atom. The number of ether oxygens (including phenoxy) is 1. The van der Waals surface area contributed by atoms with Crippen LogP contribution in [-0.4, -0.2) is 24.2 Å². The number of hydrogen-bond acceptors (Lipinski definition) is 5. The fourth-order valence-corrected chi connectivity index (χ4v) is 3.04. The predicted molar refractivity (Wildman–Crippen MR) is 103 cm³/mol. The number of carbonyl (C=O) groups is 2. The Hall–Kier alpha value is -2.20. The van der Waals surface area contributed by atoms with Gasteiger partial charge in [-0.2, -0.15) is 5.26 Å². The zero-order chi connectivity index (χ0) is 18.9. The molecule has 0 aliphatic carbocycles. The predicted octanol–water partition coefficient (Wildman–Crippen LogP) is 4.53. The van der Waals surface area contributed by atoms with Crippen molar-refractivity contribution in [2.45, 2.75) is 11.3 Å². The standard InChI is InChI=1S/C18H14Cl2N2O3S/c19-13-3-5-15(6-4-13)26-8-7-18(24)25-11-17(23)22-16-9-14(20)2-1-12(16)10-21/h1-6,9H,7-8,11H2,(H,22,23). The number of esters is 1. The van der Waals surface area contributed by atoms with Crippen LogP contribution < -0.4 is 5.32 Å². The Morgan fingerprint density at radius 2 is 1.81 bits per heavy atom. The second-order valence-electron chi connectivity index (χ2n) is 5.06. The van der Waals surface area contributed by atoms with Gasteiger partial charge in [0.05, 0.1) is 17.7 Å². The summed E-state index contributed by atoms with van der Waals surface area (Å²) in [6, 6.07) is 13.7. The molecular weight excluding hydrogens is 395 g/mol. The number of nitriles is 1.